The number of hydrogen-bond donors (Lipinski definition) is 2. The molecule has 2 heterocycles. The van der Waals surface area contributed by atoms with Crippen LogP contribution in [0.4, 0.5) is 10.5 Å². The largest absolute Gasteiger partial charge is 0.390 e. The van der Waals surface area contributed by atoms with Gasteiger partial charge >= 0.3 is 6.03 Å². The third kappa shape index (κ3) is 3.82. The first-order valence-electron chi connectivity index (χ1n) is 7.68. The van der Waals surface area contributed by atoms with E-state index in [0.29, 0.717) is 26.2 Å². The van der Waals surface area contributed by atoms with Crippen LogP contribution in [0.1, 0.15) is 0 Å². The van der Waals surface area contributed by atoms with Crippen molar-refractivity contribution in [1.82, 2.24) is 9.80 Å². The average molecular weight is 339 g/mol. The van der Waals surface area contributed by atoms with Crippen molar-refractivity contribution >= 4 is 21.6 Å². The average Bonchev–Trinajstić information content (AvgIpc) is 2.81. The van der Waals surface area contributed by atoms with Gasteiger partial charge in [0.1, 0.15) is 0 Å². The number of aliphatic hydroxyl groups is 1. The summed E-state index contributed by atoms with van der Waals surface area (Å²) in [5.41, 5.74) is 0.747. The second kappa shape index (κ2) is 6.46. The molecule has 0 radical (unpaired) electrons. The van der Waals surface area contributed by atoms with Crippen molar-refractivity contribution in [3.8, 4) is 0 Å². The molecule has 126 valence electrons. The smallest absolute Gasteiger partial charge is 0.321 e. The Hall–Kier alpha value is -1.64. The molecule has 2 N–H and O–H groups in total. The van der Waals surface area contributed by atoms with Gasteiger partial charge in [0, 0.05) is 31.9 Å². The van der Waals surface area contributed by atoms with E-state index < -0.39 is 15.9 Å². The minimum absolute atomic E-state index is 0.00434. The van der Waals surface area contributed by atoms with Gasteiger partial charge in [-0.15, -0.1) is 0 Å². The topological polar surface area (TPSA) is 90.0 Å². The maximum atomic E-state index is 12.2. The third-order valence-corrected chi connectivity index (χ3v) is 6.09. The molecule has 0 aliphatic carbocycles. The highest BCUT2D eigenvalue weighted by Crippen LogP contribution is 2.20. The van der Waals surface area contributed by atoms with Gasteiger partial charge in [-0.3, -0.25) is 4.90 Å². The van der Waals surface area contributed by atoms with Gasteiger partial charge in [-0.2, -0.15) is 0 Å². The summed E-state index contributed by atoms with van der Waals surface area (Å²) in [5.74, 6) is -0.156. The molecular formula is C15H21N3O4S. The molecule has 2 fully saturated rings. The van der Waals surface area contributed by atoms with Gasteiger partial charge in [0.2, 0.25) is 0 Å². The summed E-state index contributed by atoms with van der Waals surface area (Å²) in [7, 11) is -3.15. The Balaban J connectivity index is 1.53. The van der Waals surface area contributed by atoms with E-state index in [2.05, 4.69) is 5.32 Å². The van der Waals surface area contributed by atoms with E-state index in [1.165, 1.54) is 0 Å². The minimum atomic E-state index is -3.15. The zero-order valence-corrected chi connectivity index (χ0v) is 13.6. The van der Waals surface area contributed by atoms with Crippen LogP contribution in [0.15, 0.2) is 30.3 Å². The van der Waals surface area contributed by atoms with Gasteiger partial charge in [-0.05, 0) is 12.1 Å². The molecule has 2 aliphatic rings. The number of anilines is 1. The Morgan fingerprint density at radius 3 is 2.30 bits per heavy atom. The Kier molecular flexibility index (Phi) is 4.56. The lowest BCUT2D eigenvalue weighted by atomic mass is 10.1. The predicted molar refractivity (Wildman–Crippen MR) is 87.1 cm³/mol. The van der Waals surface area contributed by atoms with E-state index in [9.17, 15) is 18.3 Å². The van der Waals surface area contributed by atoms with Crippen LogP contribution in [0.25, 0.3) is 0 Å². The molecule has 1 aromatic rings. The van der Waals surface area contributed by atoms with Gasteiger partial charge in [0.05, 0.1) is 23.7 Å². The number of amides is 2. The van der Waals surface area contributed by atoms with Gasteiger partial charge in [0.15, 0.2) is 9.84 Å². The fraction of sp³-hybridized carbons (Fsp3) is 0.533. The molecule has 2 atom stereocenters. The molecule has 0 unspecified atom stereocenters. The zero-order valence-electron chi connectivity index (χ0n) is 12.8. The molecule has 2 amide bonds. The molecule has 0 spiro atoms. The van der Waals surface area contributed by atoms with Crippen molar-refractivity contribution in [2.45, 2.75) is 12.1 Å². The normalized spacial score (nSPS) is 27.8. The van der Waals surface area contributed by atoms with E-state index in [-0.39, 0.29) is 23.6 Å². The fourth-order valence-corrected chi connectivity index (χ4v) is 4.97. The lowest BCUT2D eigenvalue weighted by Gasteiger charge is -2.38. The van der Waals surface area contributed by atoms with Crippen LogP contribution < -0.4 is 5.32 Å². The predicted octanol–water partition coefficient (Wildman–Crippen LogP) is -0.00600. The van der Waals surface area contributed by atoms with Crippen LogP contribution >= 0.6 is 0 Å². The Morgan fingerprint density at radius 2 is 1.74 bits per heavy atom. The second-order valence-corrected chi connectivity index (χ2v) is 8.18. The number of carbonyl (C=O) groups excluding carboxylic acids is 1. The van der Waals surface area contributed by atoms with Crippen molar-refractivity contribution in [2.24, 2.45) is 0 Å². The number of aliphatic hydroxyl groups excluding tert-OH is 1. The van der Waals surface area contributed by atoms with E-state index in [0.717, 1.165) is 5.69 Å². The van der Waals surface area contributed by atoms with E-state index >= 15 is 0 Å². The van der Waals surface area contributed by atoms with Gasteiger partial charge in [-0.1, -0.05) is 18.2 Å². The maximum absolute atomic E-state index is 12.2. The quantitative estimate of drug-likeness (QED) is 0.791. The van der Waals surface area contributed by atoms with Crippen molar-refractivity contribution in [2.75, 3.05) is 43.0 Å². The molecule has 3 rings (SSSR count). The molecule has 0 saturated carbocycles. The van der Waals surface area contributed by atoms with Crippen LogP contribution in [-0.4, -0.2) is 79.2 Å². The number of nitrogens with one attached hydrogen (secondary N) is 1. The van der Waals surface area contributed by atoms with Crippen LogP contribution in [0.3, 0.4) is 0 Å². The molecule has 2 aliphatic heterocycles. The van der Waals surface area contributed by atoms with E-state index in [1.807, 2.05) is 35.2 Å². The van der Waals surface area contributed by atoms with E-state index in [4.69, 9.17) is 0 Å². The number of benzene rings is 1. The standard InChI is InChI=1S/C15H21N3O4S/c19-14-11-23(21,22)10-13(14)17-6-8-18(9-7-17)15(20)16-12-4-2-1-3-5-12/h1-5,13-14,19H,6-11H2,(H,16,20)/t13-,14-/m0/s1. The molecule has 7 nitrogen and oxygen atoms in total. The summed E-state index contributed by atoms with van der Waals surface area (Å²) < 4.78 is 23.2. The number of hydrogen-bond acceptors (Lipinski definition) is 5. The Labute approximate surface area is 135 Å². The Morgan fingerprint density at radius 1 is 1.09 bits per heavy atom. The maximum Gasteiger partial charge on any atom is 0.321 e. The van der Waals surface area contributed by atoms with Gasteiger partial charge < -0.3 is 15.3 Å². The van der Waals surface area contributed by atoms with Crippen LogP contribution in [-0.2, 0) is 9.84 Å². The molecule has 2 saturated heterocycles. The number of para-hydroxylation sites is 1. The summed E-state index contributed by atoms with van der Waals surface area (Å²) in [6, 6.07) is 8.75. The highest BCUT2D eigenvalue weighted by atomic mass is 32.2. The minimum Gasteiger partial charge on any atom is -0.390 e. The van der Waals surface area contributed by atoms with Crippen molar-refractivity contribution < 1.29 is 18.3 Å². The first-order valence-corrected chi connectivity index (χ1v) is 9.50. The fourth-order valence-electron chi connectivity index (χ4n) is 3.14. The lowest BCUT2D eigenvalue weighted by molar-refractivity contribution is 0.0545. The van der Waals surface area contributed by atoms with Crippen molar-refractivity contribution in [3.63, 3.8) is 0 Å². The molecule has 0 aromatic heterocycles. The van der Waals surface area contributed by atoms with Crippen LogP contribution in [0.5, 0.6) is 0 Å². The highest BCUT2D eigenvalue weighted by Gasteiger charge is 2.41. The third-order valence-electron chi connectivity index (χ3n) is 4.39. The van der Waals surface area contributed by atoms with Crippen molar-refractivity contribution in [3.05, 3.63) is 30.3 Å². The van der Waals surface area contributed by atoms with E-state index in [1.54, 1.807) is 4.90 Å². The lowest BCUT2D eigenvalue weighted by Crippen LogP contribution is -2.55. The van der Waals surface area contributed by atoms with Crippen LogP contribution in [0.2, 0.25) is 0 Å². The van der Waals surface area contributed by atoms with Gasteiger partial charge in [0.25, 0.3) is 0 Å². The van der Waals surface area contributed by atoms with Crippen LogP contribution in [0, 0.1) is 0 Å². The number of carbonyl (C=O) groups is 1. The summed E-state index contributed by atoms with van der Waals surface area (Å²) in [6.07, 6.45) is -0.829. The summed E-state index contributed by atoms with van der Waals surface area (Å²) >= 11 is 0. The number of rotatable bonds is 2. The summed E-state index contributed by atoms with van der Waals surface area (Å²) in [5, 5.41) is 12.8. The SMILES string of the molecule is O=C(Nc1ccccc1)N1CCN([C@H]2CS(=O)(=O)C[C@@H]2O)CC1. The number of urea groups is 1. The summed E-state index contributed by atoms with van der Waals surface area (Å²) in [6.45, 7) is 2.17. The molecule has 1 aromatic carbocycles. The zero-order chi connectivity index (χ0) is 16.4. The molecular weight excluding hydrogens is 318 g/mol. The van der Waals surface area contributed by atoms with Crippen molar-refractivity contribution in [1.29, 1.82) is 0 Å². The highest BCUT2D eigenvalue weighted by molar-refractivity contribution is 7.91. The molecule has 23 heavy (non-hydrogen) atoms. The first-order chi connectivity index (χ1) is 10.9. The number of sulfone groups is 1. The summed E-state index contributed by atoms with van der Waals surface area (Å²) in [4.78, 5) is 15.9. The first kappa shape index (κ1) is 16.2. The van der Waals surface area contributed by atoms with Gasteiger partial charge in [-0.25, -0.2) is 13.2 Å². The molecule has 8 heteroatoms. The molecule has 0 bridgehead atoms. The second-order valence-electron chi connectivity index (χ2n) is 6.03. The Bertz CT molecular complexity index is 657. The number of nitrogens with zero attached hydrogens (tertiary/aromatic N) is 2. The number of piperazine rings is 1. The monoisotopic (exact) mass is 339 g/mol.